The molecule has 0 bridgehead atoms. The summed E-state index contributed by atoms with van der Waals surface area (Å²) in [7, 11) is 2.49. The third-order valence-electron chi connectivity index (χ3n) is 2.26. The summed E-state index contributed by atoms with van der Waals surface area (Å²) in [6.45, 7) is 13.5. The third kappa shape index (κ3) is 9.60. The minimum absolute atomic E-state index is 0.542. The Kier molecular flexibility index (Phi) is 11.9. The molecule has 0 amide bonds. The standard InChI is InChI=1S/C14H26O6S2/c1-7-17-11(5)19-13(9(3)15)21-22-14(10(4)16)20-12(6)18-8-2/h7-16H,1-2H2,3-6H3. The quantitative estimate of drug-likeness (QED) is 0.297. The molecule has 0 aromatic heterocycles. The monoisotopic (exact) mass is 354 g/mol. The Morgan fingerprint density at radius 1 is 0.773 bits per heavy atom. The van der Waals surface area contributed by atoms with Crippen LogP contribution in [0.15, 0.2) is 25.7 Å². The fraction of sp³-hybridized carbons (Fsp3) is 0.714. The van der Waals surface area contributed by atoms with Crippen LogP contribution in [0.25, 0.3) is 0 Å². The number of aliphatic hydroxyl groups is 2. The average Bonchev–Trinajstić information content (AvgIpc) is 2.41. The van der Waals surface area contributed by atoms with Crippen LogP contribution in [0.2, 0.25) is 0 Å². The molecule has 8 heteroatoms. The summed E-state index contributed by atoms with van der Waals surface area (Å²) >= 11 is 0. The van der Waals surface area contributed by atoms with Crippen molar-refractivity contribution in [2.45, 2.75) is 63.4 Å². The summed E-state index contributed by atoms with van der Waals surface area (Å²) in [5.74, 6) is 0. The lowest BCUT2D eigenvalue weighted by atomic mass is 10.4. The van der Waals surface area contributed by atoms with Crippen LogP contribution in [0.3, 0.4) is 0 Å². The maximum absolute atomic E-state index is 9.77. The van der Waals surface area contributed by atoms with Gasteiger partial charge in [0.2, 0.25) is 0 Å². The Balaban J connectivity index is 4.49. The second-order valence-corrected chi connectivity index (χ2v) is 6.89. The normalized spacial score (nSPS) is 19.4. The predicted molar refractivity (Wildman–Crippen MR) is 89.8 cm³/mol. The van der Waals surface area contributed by atoms with Gasteiger partial charge in [-0.1, -0.05) is 34.7 Å². The highest BCUT2D eigenvalue weighted by Crippen LogP contribution is 2.36. The molecule has 130 valence electrons. The van der Waals surface area contributed by atoms with E-state index in [1.807, 2.05) is 0 Å². The van der Waals surface area contributed by atoms with E-state index < -0.39 is 35.7 Å². The highest BCUT2D eigenvalue weighted by atomic mass is 33.1. The molecule has 0 rings (SSSR count). The number of rotatable bonds is 13. The summed E-state index contributed by atoms with van der Waals surface area (Å²) in [4.78, 5) is 0. The average molecular weight is 354 g/mol. The van der Waals surface area contributed by atoms with E-state index in [1.165, 1.54) is 34.1 Å². The largest absolute Gasteiger partial charge is 0.473 e. The van der Waals surface area contributed by atoms with E-state index in [0.717, 1.165) is 0 Å². The van der Waals surface area contributed by atoms with Crippen molar-refractivity contribution in [2.24, 2.45) is 0 Å². The first kappa shape index (κ1) is 21.6. The maximum atomic E-state index is 9.77. The molecule has 0 heterocycles. The Labute approximate surface area is 140 Å². The van der Waals surface area contributed by atoms with Crippen LogP contribution >= 0.6 is 21.6 Å². The number of hydrogen-bond acceptors (Lipinski definition) is 8. The molecule has 0 saturated heterocycles. The zero-order valence-electron chi connectivity index (χ0n) is 13.4. The van der Waals surface area contributed by atoms with Crippen molar-refractivity contribution in [1.82, 2.24) is 0 Å². The van der Waals surface area contributed by atoms with Crippen molar-refractivity contribution in [3.05, 3.63) is 25.7 Å². The van der Waals surface area contributed by atoms with E-state index >= 15 is 0 Å². The lowest BCUT2D eigenvalue weighted by Crippen LogP contribution is -2.30. The van der Waals surface area contributed by atoms with Gasteiger partial charge in [-0.15, -0.1) is 0 Å². The summed E-state index contributed by atoms with van der Waals surface area (Å²) in [5.41, 5.74) is -1.11. The van der Waals surface area contributed by atoms with Crippen molar-refractivity contribution in [3.63, 3.8) is 0 Å². The van der Waals surface area contributed by atoms with E-state index in [4.69, 9.17) is 18.9 Å². The molecule has 0 aliphatic carbocycles. The van der Waals surface area contributed by atoms with Crippen molar-refractivity contribution in [2.75, 3.05) is 0 Å². The maximum Gasteiger partial charge on any atom is 0.197 e. The van der Waals surface area contributed by atoms with Gasteiger partial charge in [0.1, 0.15) is 10.9 Å². The van der Waals surface area contributed by atoms with Crippen LogP contribution in [0, 0.1) is 0 Å². The van der Waals surface area contributed by atoms with E-state index in [0.29, 0.717) is 0 Å². The first-order valence-electron chi connectivity index (χ1n) is 6.83. The second-order valence-electron chi connectivity index (χ2n) is 4.42. The topological polar surface area (TPSA) is 77.4 Å². The zero-order chi connectivity index (χ0) is 17.1. The fourth-order valence-corrected chi connectivity index (χ4v) is 4.09. The molecule has 22 heavy (non-hydrogen) atoms. The van der Waals surface area contributed by atoms with Gasteiger partial charge >= 0.3 is 0 Å². The minimum atomic E-state index is -0.732. The van der Waals surface area contributed by atoms with Gasteiger partial charge in [0.05, 0.1) is 24.7 Å². The van der Waals surface area contributed by atoms with Gasteiger partial charge in [-0.25, -0.2) is 0 Å². The van der Waals surface area contributed by atoms with E-state index in [9.17, 15) is 10.2 Å². The molecule has 6 nitrogen and oxygen atoms in total. The molecule has 6 atom stereocenters. The van der Waals surface area contributed by atoms with Crippen LogP contribution in [-0.2, 0) is 18.9 Å². The van der Waals surface area contributed by atoms with Crippen LogP contribution < -0.4 is 0 Å². The molecule has 2 N–H and O–H groups in total. The van der Waals surface area contributed by atoms with E-state index in [1.54, 1.807) is 27.7 Å². The molecule has 0 aliphatic heterocycles. The van der Waals surface area contributed by atoms with Crippen LogP contribution in [-0.4, -0.2) is 45.9 Å². The summed E-state index contributed by atoms with van der Waals surface area (Å²) in [6, 6.07) is 0. The van der Waals surface area contributed by atoms with E-state index in [-0.39, 0.29) is 0 Å². The first-order valence-corrected chi connectivity index (χ1v) is 9.11. The van der Waals surface area contributed by atoms with Crippen molar-refractivity contribution in [3.8, 4) is 0 Å². The van der Waals surface area contributed by atoms with Crippen LogP contribution in [0.1, 0.15) is 27.7 Å². The lowest BCUT2D eigenvalue weighted by molar-refractivity contribution is -0.127. The zero-order valence-corrected chi connectivity index (χ0v) is 15.0. The van der Waals surface area contributed by atoms with Gasteiger partial charge in [0.25, 0.3) is 0 Å². The SMILES string of the molecule is C=COC(C)OC(SSC(OC(C)OC=C)C(C)O)C(C)O. The van der Waals surface area contributed by atoms with Crippen molar-refractivity contribution < 1.29 is 29.2 Å². The number of hydrogen-bond donors (Lipinski definition) is 2. The molecule has 0 fully saturated rings. The van der Waals surface area contributed by atoms with Crippen LogP contribution in [0.4, 0.5) is 0 Å². The van der Waals surface area contributed by atoms with Crippen molar-refractivity contribution in [1.29, 1.82) is 0 Å². The predicted octanol–water partition coefficient (Wildman–Crippen LogP) is 2.83. The van der Waals surface area contributed by atoms with Gasteiger partial charge in [-0.05, 0) is 27.7 Å². The Bertz CT molecular complexity index is 284. The lowest BCUT2D eigenvalue weighted by Gasteiger charge is -2.27. The molecule has 6 unspecified atom stereocenters. The smallest absolute Gasteiger partial charge is 0.197 e. The molecular weight excluding hydrogens is 328 g/mol. The van der Waals surface area contributed by atoms with E-state index in [2.05, 4.69) is 13.2 Å². The summed E-state index contributed by atoms with van der Waals surface area (Å²) < 4.78 is 21.2. The van der Waals surface area contributed by atoms with Gasteiger partial charge in [0, 0.05) is 0 Å². The molecule has 0 aliphatic rings. The number of aliphatic hydroxyl groups excluding tert-OH is 2. The third-order valence-corrected chi connectivity index (χ3v) is 5.23. The van der Waals surface area contributed by atoms with Gasteiger partial charge in [-0.3, -0.25) is 0 Å². The molecule has 0 aromatic carbocycles. The Hall–Kier alpha value is -0.380. The second kappa shape index (κ2) is 12.1. The minimum Gasteiger partial charge on any atom is -0.473 e. The highest BCUT2D eigenvalue weighted by molar-refractivity contribution is 8.77. The molecule has 0 aromatic rings. The van der Waals surface area contributed by atoms with Crippen LogP contribution in [0.5, 0.6) is 0 Å². The number of ether oxygens (including phenoxy) is 4. The molecular formula is C14H26O6S2. The van der Waals surface area contributed by atoms with Gasteiger partial charge in [-0.2, -0.15) is 0 Å². The molecule has 0 spiro atoms. The highest BCUT2D eigenvalue weighted by Gasteiger charge is 2.26. The Morgan fingerprint density at radius 3 is 1.32 bits per heavy atom. The molecule has 0 saturated carbocycles. The summed E-state index contributed by atoms with van der Waals surface area (Å²) in [5, 5.41) is 19.5. The molecule has 0 radical (unpaired) electrons. The van der Waals surface area contributed by atoms with Crippen molar-refractivity contribution >= 4 is 21.6 Å². The fourth-order valence-electron chi connectivity index (χ4n) is 1.26. The van der Waals surface area contributed by atoms with Gasteiger partial charge < -0.3 is 29.2 Å². The van der Waals surface area contributed by atoms with Gasteiger partial charge in [0.15, 0.2) is 12.6 Å². The first-order chi connectivity index (χ1) is 10.3. The Morgan fingerprint density at radius 2 is 1.09 bits per heavy atom. The summed E-state index contributed by atoms with van der Waals surface area (Å²) in [6.07, 6.45) is 0.00264.